The molecule has 0 aliphatic carbocycles. The molecule has 5 rings (SSSR count). The van der Waals surface area contributed by atoms with Crippen molar-refractivity contribution in [3.63, 3.8) is 0 Å². The van der Waals surface area contributed by atoms with Crippen molar-refractivity contribution in [2.24, 2.45) is 5.92 Å². The molecule has 39 nitrogen and oxygen atoms in total. The summed E-state index contributed by atoms with van der Waals surface area (Å²) in [4.78, 5) is 78.5. The molecule has 5 aliphatic rings. The molecule has 0 radical (unpaired) electrons. The van der Waals surface area contributed by atoms with E-state index in [1.54, 1.807) is 0 Å². The number of esters is 2. The number of carbonyl (C=O) groups excluding carboxylic acids is 6. The van der Waals surface area contributed by atoms with Crippen LogP contribution in [0.1, 0.15) is 241 Å². The number of phosphoric acid groups is 1. The Morgan fingerprint density at radius 3 is 1.49 bits per heavy atom. The Morgan fingerprint density at radius 1 is 0.424 bits per heavy atom. The van der Waals surface area contributed by atoms with E-state index in [9.17, 15) is 99.7 Å². The number of hydrogen-bond acceptors (Lipinski definition) is 35. The molecule has 28 atom stereocenters. The third-order valence-electron chi connectivity index (χ3n) is 22.5. The monoisotopic (exact) mass is 1820 g/mol. The quantitative estimate of drug-likeness (QED) is 0.0180. The summed E-state index contributed by atoms with van der Waals surface area (Å²) in [5, 5.41) is 153. The molecule has 0 bridgehead atoms. The number of nitrogens with one attached hydrogen (secondary N) is 4. The zero-order chi connectivity index (χ0) is 91.8. The van der Waals surface area contributed by atoms with Crippen LogP contribution in [0.5, 0.6) is 0 Å². The van der Waals surface area contributed by atoms with Crippen LogP contribution in [-0.4, -0.2) is 335 Å². The summed E-state index contributed by atoms with van der Waals surface area (Å²) < 4.78 is 101. The van der Waals surface area contributed by atoms with Gasteiger partial charge in [-0.15, -0.1) is 0 Å². The van der Waals surface area contributed by atoms with Crippen LogP contribution in [0.15, 0.2) is 24.3 Å². The van der Waals surface area contributed by atoms with Gasteiger partial charge in [0.2, 0.25) is 23.6 Å². The normalized spacial score (nSPS) is 31.2. The average Bonchev–Trinajstić information content (AvgIpc) is 0.765. The number of aliphatic hydroxyl groups excluding tert-OH is 13. The molecule has 0 spiro atoms. The summed E-state index contributed by atoms with van der Waals surface area (Å²) in [7, 11) is -3.20. The van der Waals surface area contributed by atoms with Crippen LogP contribution >= 0.6 is 7.82 Å². The van der Waals surface area contributed by atoms with Crippen molar-refractivity contribution < 1.29 is 170 Å². The van der Waals surface area contributed by atoms with E-state index in [-0.39, 0.29) is 64.5 Å². The van der Waals surface area contributed by atoms with Gasteiger partial charge in [0.1, 0.15) is 122 Å². The van der Waals surface area contributed by atoms with E-state index in [4.69, 9.17) is 70.4 Å². The van der Waals surface area contributed by atoms with E-state index in [2.05, 4.69) is 54.2 Å². The van der Waals surface area contributed by atoms with E-state index < -0.39 is 236 Å². The van der Waals surface area contributed by atoms with Crippen LogP contribution in [0.3, 0.4) is 0 Å². The lowest BCUT2D eigenvalue weighted by molar-refractivity contribution is -0.389. The summed E-state index contributed by atoms with van der Waals surface area (Å²) in [5.41, 5.74) is 0. The topological polar surface area (TPSA) is 569 Å². The SMILES string of the molecule is CCCCCCCC/C=C\C(CCCCCC)C(=O)OC[C@H](COP(=O)(OC)OCCNC(=O)CCCCC(=O)NCCCO[C@@H]1OC(CO)[C@@H](O[C@@H]2OC(CO)[C@H](O)[C@H](O[C@@H]3OC(CO)[C@@H](O)[C@H](O[C@@H]4OC(CO)[C@H](O)[C@H](O)C4O[C@@H]4OC(C)[C@@H](O)[C@H](O)C4O)C3NC(C)=O)C2O)[C@H](O)C1NC(C)=O)OC(=O)CCCCCCC/C=C/CCCCCCCC. The van der Waals surface area contributed by atoms with Gasteiger partial charge in [0, 0.05) is 53.3 Å². The highest BCUT2D eigenvalue weighted by molar-refractivity contribution is 7.48. The Bertz CT molecular complexity index is 3100. The van der Waals surface area contributed by atoms with Crippen LogP contribution in [-0.2, 0) is 104 Å². The zero-order valence-electron chi connectivity index (χ0n) is 74.1. The number of phosphoric ester groups is 1. The van der Waals surface area contributed by atoms with Gasteiger partial charge >= 0.3 is 19.8 Å². The summed E-state index contributed by atoms with van der Waals surface area (Å²) in [6, 6.07) is -3.26. The minimum atomic E-state index is -4.31. The minimum absolute atomic E-state index is 0.0184. The first-order valence-corrected chi connectivity index (χ1v) is 46.8. The summed E-state index contributed by atoms with van der Waals surface area (Å²) >= 11 is 0. The van der Waals surface area contributed by atoms with Gasteiger partial charge in [-0.3, -0.25) is 42.3 Å². The molecule has 12 unspecified atom stereocenters. The van der Waals surface area contributed by atoms with Crippen LogP contribution in [0.25, 0.3) is 0 Å². The van der Waals surface area contributed by atoms with E-state index in [1.807, 2.05) is 12.2 Å². The van der Waals surface area contributed by atoms with Crippen LogP contribution in [0, 0.1) is 5.92 Å². The van der Waals surface area contributed by atoms with Gasteiger partial charge in [-0.25, -0.2) is 4.57 Å². The van der Waals surface area contributed by atoms with Crippen molar-refractivity contribution in [1.82, 2.24) is 21.3 Å². The first-order valence-electron chi connectivity index (χ1n) is 45.3. The number of allylic oxidation sites excluding steroid dienone is 3. The fourth-order valence-corrected chi connectivity index (χ4v) is 16.1. The van der Waals surface area contributed by atoms with Crippen molar-refractivity contribution in [2.45, 2.75) is 400 Å². The highest BCUT2D eigenvalue weighted by atomic mass is 31.2. The van der Waals surface area contributed by atoms with Gasteiger partial charge in [0.25, 0.3) is 0 Å². The van der Waals surface area contributed by atoms with Gasteiger partial charge in [-0.05, 0) is 77.6 Å². The Labute approximate surface area is 735 Å². The molecule has 0 saturated carbocycles. The molecular weight excluding hydrogens is 1670 g/mol. The molecule has 5 aliphatic heterocycles. The number of amides is 4. The lowest BCUT2D eigenvalue weighted by Crippen LogP contribution is -2.70. The van der Waals surface area contributed by atoms with E-state index in [1.165, 1.54) is 71.1 Å². The third-order valence-corrected chi connectivity index (χ3v) is 23.9. The second kappa shape index (κ2) is 62.0. The largest absolute Gasteiger partial charge is 0.474 e. The van der Waals surface area contributed by atoms with Crippen LogP contribution in [0.4, 0.5) is 0 Å². The van der Waals surface area contributed by atoms with Crippen molar-refractivity contribution in [2.75, 3.05) is 73.1 Å². The first kappa shape index (κ1) is 111. The maximum Gasteiger partial charge on any atom is 0.474 e. The molecule has 5 saturated heterocycles. The highest BCUT2D eigenvalue weighted by Crippen LogP contribution is 2.49. The molecule has 0 aromatic rings. The van der Waals surface area contributed by atoms with Crippen molar-refractivity contribution >= 4 is 43.4 Å². The van der Waals surface area contributed by atoms with Crippen molar-refractivity contribution in [3.05, 3.63) is 24.3 Å². The first-order chi connectivity index (χ1) is 60.0. The fourth-order valence-electron chi connectivity index (χ4n) is 15.2. The number of aliphatic hydroxyl groups is 13. The predicted octanol–water partition coefficient (Wildman–Crippen LogP) is 2.77. The van der Waals surface area contributed by atoms with Gasteiger partial charge in [0.15, 0.2) is 37.6 Å². The van der Waals surface area contributed by atoms with Gasteiger partial charge < -0.3 is 144 Å². The minimum Gasteiger partial charge on any atom is -0.461 e. The highest BCUT2D eigenvalue weighted by Gasteiger charge is 2.58. The summed E-state index contributed by atoms with van der Waals surface area (Å²) in [6.45, 7) is 4.73. The molecule has 17 N–H and O–H groups in total. The molecule has 40 heteroatoms. The maximum absolute atomic E-state index is 13.7. The Morgan fingerprint density at radius 2 is 0.904 bits per heavy atom. The molecule has 125 heavy (non-hydrogen) atoms. The standard InChI is InChI=1S/C85H151N4O35P/c1-8-11-14-17-19-21-22-23-24-25-26-27-29-31-34-42-64(98)116-57(51-112-80(108)56(38-32-16-13-10-3)39-33-30-28-20-18-15-12-9-2)52-114-125(109,110-7)113-46-44-87-63(97)41-36-35-40-62(96)86-43-37-45-111-81-65(88-54(5)94)71(103)76(61(50-93)120-81)121-84-75(107)78(70(102)60(49-92)118-84)123-82-66(89-55(6)95)77(69(101)59(48-91)117-82)122-85-79(73(105)68(100)58(47-90)119-85)124-83-74(106)72(104)67(99)53(4)115-83/h23-24,33,39,53,56-61,65-79,81-85,90-93,99-107H,8-22,25-32,34-38,40-52H2,1-7H3,(H,86,96)(H,87,97)(H,88,94)(H,89,95)/b24-23+,39-33-/t53?,56?,57-,58?,59?,60?,61?,65?,66?,67-,68+,69-,70+,71-,72+,73+,74?,75?,76-,77-,78+,79?,81-,82+,83+,84+,85+,125?/m1/s1. The van der Waals surface area contributed by atoms with Gasteiger partial charge in [0.05, 0.1) is 58.3 Å². The molecule has 5 heterocycles. The second-order valence-electron chi connectivity index (χ2n) is 32.8. The van der Waals surface area contributed by atoms with E-state index in [0.717, 1.165) is 104 Å². The molecule has 0 aromatic carbocycles. The van der Waals surface area contributed by atoms with Gasteiger partial charge in [-0.1, -0.05) is 154 Å². The second-order valence-corrected chi connectivity index (χ2v) is 34.6. The van der Waals surface area contributed by atoms with E-state index >= 15 is 0 Å². The lowest BCUT2D eigenvalue weighted by Gasteiger charge is -2.51. The molecule has 0 aromatic heterocycles. The molecule has 5 fully saturated rings. The zero-order valence-corrected chi connectivity index (χ0v) is 75.0. The lowest BCUT2D eigenvalue weighted by atomic mass is 9.94. The smallest absolute Gasteiger partial charge is 0.461 e. The van der Waals surface area contributed by atoms with Crippen LogP contribution < -0.4 is 21.3 Å². The third kappa shape index (κ3) is 39.1. The summed E-state index contributed by atoms with van der Waals surface area (Å²) in [6.07, 6.45) is -7.52. The number of unbranched alkanes of at least 4 members (excludes halogenated alkanes) is 21. The fraction of sp³-hybridized carbons (Fsp3) is 0.882. The predicted molar refractivity (Wildman–Crippen MR) is 447 cm³/mol. The van der Waals surface area contributed by atoms with Crippen molar-refractivity contribution in [3.8, 4) is 0 Å². The number of ether oxygens (including phenoxy) is 12. The molecule has 4 amide bonds. The van der Waals surface area contributed by atoms with Gasteiger partial charge in [-0.2, -0.15) is 0 Å². The molecular formula is C85H151N4O35P. The Balaban J connectivity index is 1.10. The number of hydrogen-bond donors (Lipinski definition) is 17. The Kier molecular flexibility index (Phi) is 55.1. The maximum atomic E-state index is 13.7. The number of carbonyl (C=O) groups is 6. The van der Waals surface area contributed by atoms with Crippen LogP contribution in [0.2, 0.25) is 0 Å². The Hall–Kier alpha value is -4.51. The van der Waals surface area contributed by atoms with E-state index in [0.29, 0.717) is 25.7 Å². The average molecular weight is 1820 g/mol. The number of rotatable bonds is 64. The molecule has 726 valence electrons. The summed E-state index contributed by atoms with van der Waals surface area (Å²) in [5.74, 6) is -3.81. The van der Waals surface area contributed by atoms with Crippen molar-refractivity contribution in [1.29, 1.82) is 0 Å².